The quantitative estimate of drug-likeness (QED) is 0.317. The Kier molecular flexibility index (Phi) is 5.24. The molecule has 0 aliphatic carbocycles. The molecule has 0 unspecified atom stereocenters. The lowest BCUT2D eigenvalue weighted by Gasteiger charge is -2.22. The summed E-state index contributed by atoms with van der Waals surface area (Å²) in [6.07, 6.45) is 6.21. The molecule has 0 saturated heterocycles. The molecule has 4 aromatic heterocycles. The maximum atomic E-state index is 13.8. The Morgan fingerprint density at radius 1 is 1.13 bits per heavy atom. The molecule has 1 aliphatic heterocycles. The molecule has 5 aromatic rings. The average Bonchev–Trinajstić information content (AvgIpc) is 3.43. The molecule has 190 valence electrons. The van der Waals surface area contributed by atoms with E-state index in [9.17, 15) is 18.7 Å². The Hall–Kier alpha value is -4.71. The molecule has 1 aliphatic rings. The number of rotatable bonds is 4. The molecule has 0 spiro atoms. The Morgan fingerprint density at radius 2 is 1.89 bits per heavy atom. The summed E-state index contributed by atoms with van der Waals surface area (Å²) in [5, 5.41) is 12.8. The fourth-order valence-electron chi connectivity index (χ4n) is 4.60. The van der Waals surface area contributed by atoms with Crippen LogP contribution in [0.1, 0.15) is 29.4 Å². The second kappa shape index (κ2) is 8.42. The van der Waals surface area contributed by atoms with Crippen LogP contribution in [0.4, 0.5) is 20.4 Å². The monoisotopic (exact) mass is 534 g/mol. The van der Waals surface area contributed by atoms with E-state index in [4.69, 9.17) is 17.3 Å². The number of benzene rings is 1. The summed E-state index contributed by atoms with van der Waals surface area (Å²) < 4.78 is 29.3. The van der Waals surface area contributed by atoms with E-state index in [-0.39, 0.29) is 40.3 Å². The van der Waals surface area contributed by atoms with Gasteiger partial charge in [-0.15, -0.1) is 0 Å². The fraction of sp³-hybridized carbons (Fsp3) is 0.120. The minimum atomic E-state index is -1.39. The molecule has 5 heterocycles. The van der Waals surface area contributed by atoms with E-state index >= 15 is 0 Å². The van der Waals surface area contributed by atoms with E-state index in [1.165, 1.54) is 24.4 Å². The second-order valence-corrected chi connectivity index (χ2v) is 9.35. The maximum absolute atomic E-state index is 13.8. The summed E-state index contributed by atoms with van der Waals surface area (Å²) >= 11 is 5.89. The van der Waals surface area contributed by atoms with Gasteiger partial charge in [-0.05, 0) is 24.6 Å². The third kappa shape index (κ3) is 3.68. The van der Waals surface area contributed by atoms with Gasteiger partial charge in [-0.2, -0.15) is 0 Å². The zero-order valence-corrected chi connectivity index (χ0v) is 20.3. The SMILES string of the molecule is C[C@@]1(c2cc(O)c(Cl)cn2)C(=O)Nc2nc(-c3cn4ccnc4c(Cc4cc(F)cc(F)c4)n3)nc(N)c21. The van der Waals surface area contributed by atoms with Crippen LogP contribution in [-0.4, -0.2) is 40.3 Å². The van der Waals surface area contributed by atoms with Crippen molar-refractivity contribution in [2.75, 3.05) is 11.1 Å². The standard InChI is InChI=1S/C25H17ClF2N8O2/c1-25(18-8-17(37)14(26)9-31-18)19-20(29)33-21(34-22(19)35-24(25)38)16-10-36-3-2-30-23(36)15(32-16)6-11-4-12(27)7-13(28)5-11/h2-5,7-10H,6H2,1H3,(H,31,37)(H3,29,33,34,35,38)/t25-/m0/s1. The third-order valence-electron chi connectivity index (χ3n) is 6.44. The van der Waals surface area contributed by atoms with Gasteiger partial charge in [0, 0.05) is 43.3 Å². The Labute approximate surface area is 218 Å². The molecule has 0 bridgehead atoms. The number of hydrogen-bond acceptors (Lipinski definition) is 8. The van der Waals surface area contributed by atoms with Crippen LogP contribution < -0.4 is 11.1 Å². The zero-order chi connectivity index (χ0) is 26.8. The van der Waals surface area contributed by atoms with E-state index < -0.39 is 23.0 Å². The maximum Gasteiger partial charge on any atom is 0.242 e. The highest BCUT2D eigenvalue weighted by molar-refractivity contribution is 6.31. The number of nitrogen functional groups attached to an aromatic ring is 1. The largest absolute Gasteiger partial charge is 0.506 e. The van der Waals surface area contributed by atoms with Crippen molar-refractivity contribution in [2.45, 2.75) is 18.8 Å². The van der Waals surface area contributed by atoms with Gasteiger partial charge >= 0.3 is 0 Å². The number of halogens is 3. The number of carbonyl (C=O) groups excluding carboxylic acids is 1. The second-order valence-electron chi connectivity index (χ2n) is 8.94. The van der Waals surface area contributed by atoms with Crippen LogP contribution in [0.3, 0.4) is 0 Å². The van der Waals surface area contributed by atoms with Crippen LogP contribution in [0, 0.1) is 11.6 Å². The predicted molar refractivity (Wildman–Crippen MR) is 134 cm³/mol. The third-order valence-corrected chi connectivity index (χ3v) is 6.73. The molecule has 1 atom stereocenters. The number of nitrogens with two attached hydrogens (primary N) is 1. The van der Waals surface area contributed by atoms with Crippen molar-refractivity contribution < 1.29 is 18.7 Å². The number of fused-ring (bicyclic) bond motifs is 2. The van der Waals surface area contributed by atoms with Crippen molar-refractivity contribution in [3.8, 4) is 17.3 Å². The Balaban J connectivity index is 1.46. The molecule has 10 nitrogen and oxygen atoms in total. The molecule has 6 rings (SSSR count). The molecular formula is C25H17ClF2N8O2. The Bertz CT molecular complexity index is 1770. The molecule has 1 amide bonds. The van der Waals surface area contributed by atoms with E-state index in [1.54, 1.807) is 29.9 Å². The van der Waals surface area contributed by atoms with E-state index in [0.717, 1.165) is 6.07 Å². The van der Waals surface area contributed by atoms with Crippen molar-refractivity contribution in [1.82, 2.24) is 29.3 Å². The van der Waals surface area contributed by atoms with Crippen LogP contribution in [0.15, 0.2) is 49.1 Å². The summed E-state index contributed by atoms with van der Waals surface area (Å²) in [4.78, 5) is 35.2. The first-order valence-corrected chi connectivity index (χ1v) is 11.6. The topological polar surface area (TPSA) is 144 Å². The fourth-order valence-corrected chi connectivity index (χ4v) is 4.70. The van der Waals surface area contributed by atoms with Crippen molar-refractivity contribution in [2.24, 2.45) is 0 Å². The van der Waals surface area contributed by atoms with Crippen LogP contribution in [0.25, 0.3) is 17.2 Å². The average molecular weight is 535 g/mol. The van der Waals surface area contributed by atoms with Crippen LogP contribution >= 0.6 is 11.6 Å². The lowest BCUT2D eigenvalue weighted by molar-refractivity contribution is -0.119. The predicted octanol–water partition coefficient (Wildman–Crippen LogP) is 3.65. The van der Waals surface area contributed by atoms with Gasteiger partial charge in [-0.1, -0.05) is 11.6 Å². The summed E-state index contributed by atoms with van der Waals surface area (Å²) in [6, 6.07) is 4.53. The molecule has 4 N–H and O–H groups in total. The van der Waals surface area contributed by atoms with Gasteiger partial charge in [0.1, 0.15) is 45.2 Å². The number of pyridine rings is 1. The lowest BCUT2D eigenvalue weighted by atomic mass is 9.80. The highest BCUT2D eigenvalue weighted by atomic mass is 35.5. The van der Waals surface area contributed by atoms with Crippen molar-refractivity contribution >= 4 is 34.8 Å². The number of amides is 1. The minimum absolute atomic E-state index is 0.00312. The molecule has 1 aromatic carbocycles. The van der Waals surface area contributed by atoms with Gasteiger partial charge < -0.3 is 20.6 Å². The Morgan fingerprint density at radius 3 is 2.63 bits per heavy atom. The lowest BCUT2D eigenvalue weighted by Crippen LogP contribution is -2.33. The summed E-state index contributed by atoms with van der Waals surface area (Å²) in [5.41, 5.74) is 7.03. The van der Waals surface area contributed by atoms with Gasteiger partial charge in [0.05, 0.1) is 17.0 Å². The van der Waals surface area contributed by atoms with E-state index in [2.05, 4.69) is 30.2 Å². The normalized spacial score (nSPS) is 16.6. The number of imidazole rings is 1. The molecule has 0 radical (unpaired) electrons. The smallest absolute Gasteiger partial charge is 0.242 e. The first-order chi connectivity index (χ1) is 18.1. The first-order valence-electron chi connectivity index (χ1n) is 11.3. The van der Waals surface area contributed by atoms with Crippen LogP contribution in [0.2, 0.25) is 5.02 Å². The highest BCUT2D eigenvalue weighted by Gasteiger charge is 2.49. The van der Waals surface area contributed by atoms with Crippen LogP contribution in [-0.2, 0) is 16.6 Å². The number of carbonyl (C=O) groups is 1. The zero-order valence-electron chi connectivity index (χ0n) is 19.6. The van der Waals surface area contributed by atoms with Gasteiger partial charge in [-0.3, -0.25) is 9.78 Å². The van der Waals surface area contributed by atoms with Crippen molar-refractivity contribution in [1.29, 1.82) is 0 Å². The number of anilines is 2. The molecule has 13 heteroatoms. The van der Waals surface area contributed by atoms with Crippen molar-refractivity contribution in [3.05, 3.63) is 88.2 Å². The van der Waals surface area contributed by atoms with Gasteiger partial charge in [0.25, 0.3) is 0 Å². The molecule has 0 fully saturated rings. The summed E-state index contributed by atoms with van der Waals surface area (Å²) in [5.74, 6) is -1.83. The number of aromatic nitrogens is 6. The summed E-state index contributed by atoms with van der Waals surface area (Å²) in [7, 11) is 0. The number of hydrogen-bond donors (Lipinski definition) is 3. The molecule has 0 saturated carbocycles. The van der Waals surface area contributed by atoms with E-state index in [1.807, 2.05) is 0 Å². The molecule has 38 heavy (non-hydrogen) atoms. The van der Waals surface area contributed by atoms with Gasteiger partial charge in [-0.25, -0.2) is 28.7 Å². The summed E-state index contributed by atoms with van der Waals surface area (Å²) in [6.45, 7) is 1.59. The van der Waals surface area contributed by atoms with Crippen molar-refractivity contribution in [3.63, 3.8) is 0 Å². The first kappa shape index (κ1) is 23.7. The molecular weight excluding hydrogens is 518 g/mol. The van der Waals surface area contributed by atoms with Gasteiger partial charge in [0.15, 0.2) is 11.5 Å². The van der Waals surface area contributed by atoms with Crippen LogP contribution in [0.5, 0.6) is 5.75 Å². The number of aromatic hydroxyl groups is 1. The van der Waals surface area contributed by atoms with E-state index in [0.29, 0.717) is 28.2 Å². The number of nitrogens with zero attached hydrogens (tertiary/aromatic N) is 6. The van der Waals surface area contributed by atoms with Gasteiger partial charge in [0.2, 0.25) is 5.91 Å². The minimum Gasteiger partial charge on any atom is -0.506 e. The number of nitrogens with one attached hydrogen (secondary N) is 1. The highest BCUT2D eigenvalue weighted by Crippen LogP contribution is 2.45.